The van der Waals surface area contributed by atoms with Gasteiger partial charge in [0.15, 0.2) is 5.16 Å². The van der Waals surface area contributed by atoms with Gasteiger partial charge in [-0.2, -0.15) is 0 Å². The molecule has 0 radical (unpaired) electrons. The third kappa shape index (κ3) is 3.29. The van der Waals surface area contributed by atoms with Gasteiger partial charge in [-0.15, -0.1) is 10.2 Å². The molecule has 4 nitrogen and oxygen atoms in total. The maximum absolute atomic E-state index is 6.10. The lowest BCUT2D eigenvalue weighted by Crippen LogP contribution is -2.15. The van der Waals surface area contributed by atoms with E-state index in [4.69, 9.17) is 11.6 Å². The van der Waals surface area contributed by atoms with Crippen LogP contribution in [0.2, 0.25) is 5.02 Å². The molecule has 1 aromatic carbocycles. The maximum Gasteiger partial charge on any atom is 0.195 e. The Morgan fingerprint density at radius 1 is 1.47 bits per heavy atom. The van der Waals surface area contributed by atoms with Crippen LogP contribution in [0, 0.1) is 0 Å². The fourth-order valence-electron chi connectivity index (χ4n) is 1.77. The zero-order chi connectivity index (χ0) is 13.2. The minimum atomic E-state index is 0.698. The van der Waals surface area contributed by atoms with E-state index in [0.29, 0.717) is 6.04 Å². The molecule has 3 rings (SSSR count). The van der Waals surface area contributed by atoms with E-state index in [1.807, 2.05) is 23.7 Å². The third-order valence-electron chi connectivity index (χ3n) is 3.06. The standard InChI is InChI=1S/C13H15ClN4S/c1-18-8-16-17-13(18)19-12-6-10(14)3-2-9(12)7-15-11-4-5-11/h2-3,6,8,11,15H,4-5,7H2,1H3. The van der Waals surface area contributed by atoms with E-state index in [-0.39, 0.29) is 0 Å². The lowest BCUT2D eigenvalue weighted by atomic mass is 10.2. The third-order valence-corrected chi connectivity index (χ3v) is 4.45. The molecule has 1 aliphatic rings. The van der Waals surface area contributed by atoms with Crippen LogP contribution in [0.5, 0.6) is 0 Å². The molecular weight excluding hydrogens is 280 g/mol. The van der Waals surface area contributed by atoms with Gasteiger partial charge in [-0.05, 0) is 42.3 Å². The quantitative estimate of drug-likeness (QED) is 0.921. The normalized spacial score (nSPS) is 14.8. The van der Waals surface area contributed by atoms with Gasteiger partial charge in [0.05, 0.1) is 0 Å². The number of rotatable bonds is 5. The summed E-state index contributed by atoms with van der Waals surface area (Å²) in [5, 5.41) is 13.1. The number of hydrogen-bond acceptors (Lipinski definition) is 4. The summed E-state index contributed by atoms with van der Waals surface area (Å²) in [6.45, 7) is 0.877. The van der Waals surface area contributed by atoms with Crippen LogP contribution in [0.1, 0.15) is 18.4 Å². The Labute approximate surface area is 121 Å². The van der Waals surface area contributed by atoms with Crippen LogP contribution in [-0.4, -0.2) is 20.8 Å². The minimum Gasteiger partial charge on any atom is -0.311 e. The predicted molar refractivity (Wildman–Crippen MR) is 76.4 cm³/mol. The molecule has 0 bridgehead atoms. The van der Waals surface area contributed by atoms with Crippen molar-refractivity contribution in [3.05, 3.63) is 35.1 Å². The van der Waals surface area contributed by atoms with Gasteiger partial charge in [0, 0.05) is 29.6 Å². The highest BCUT2D eigenvalue weighted by atomic mass is 35.5. The van der Waals surface area contributed by atoms with Crippen LogP contribution < -0.4 is 5.32 Å². The molecule has 1 N–H and O–H groups in total. The molecule has 0 atom stereocenters. The zero-order valence-electron chi connectivity index (χ0n) is 10.6. The highest BCUT2D eigenvalue weighted by molar-refractivity contribution is 7.99. The molecule has 0 saturated heterocycles. The Morgan fingerprint density at radius 3 is 3.00 bits per heavy atom. The van der Waals surface area contributed by atoms with Crippen LogP contribution in [-0.2, 0) is 13.6 Å². The lowest BCUT2D eigenvalue weighted by molar-refractivity contribution is 0.680. The number of halogens is 1. The first-order valence-corrected chi connectivity index (χ1v) is 7.45. The minimum absolute atomic E-state index is 0.698. The number of nitrogens with zero attached hydrogens (tertiary/aromatic N) is 3. The maximum atomic E-state index is 6.10. The van der Waals surface area contributed by atoms with Crippen molar-refractivity contribution in [2.45, 2.75) is 35.5 Å². The topological polar surface area (TPSA) is 42.7 Å². The molecule has 1 saturated carbocycles. The van der Waals surface area contributed by atoms with E-state index in [1.54, 1.807) is 18.1 Å². The molecule has 0 unspecified atom stereocenters. The summed E-state index contributed by atoms with van der Waals surface area (Å²) in [4.78, 5) is 1.14. The lowest BCUT2D eigenvalue weighted by Gasteiger charge is -2.10. The van der Waals surface area contributed by atoms with Crippen molar-refractivity contribution in [3.63, 3.8) is 0 Å². The molecule has 1 aliphatic carbocycles. The zero-order valence-corrected chi connectivity index (χ0v) is 12.2. The predicted octanol–water partition coefficient (Wildman–Crippen LogP) is 2.87. The van der Waals surface area contributed by atoms with E-state index in [9.17, 15) is 0 Å². The fourth-order valence-corrected chi connectivity index (χ4v) is 2.94. The molecule has 0 amide bonds. The molecule has 0 aliphatic heterocycles. The first kappa shape index (κ1) is 13.0. The van der Waals surface area contributed by atoms with Crippen molar-refractivity contribution in [1.82, 2.24) is 20.1 Å². The summed E-state index contributed by atoms with van der Waals surface area (Å²) in [7, 11) is 1.94. The Kier molecular flexibility index (Phi) is 3.77. The van der Waals surface area contributed by atoms with E-state index in [1.165, 1.54) is 18.4 Å². The highest BCUT2D eigenvalue weighted by Crippen LogP contribution is 2.31. The summed E-state index contributed by atoms with van der Waals surface area (Å²) in [5.74, 6) is 0. The summed E-state index contributed by atoms with van der Waals surface area (Å²) in [5.41, 5.74) is 1.25. The van der Waals surface area contributed by atoms with E-state index >= 15 is 0 Å². The van der Waals surface area contributed by atoms with Crippen LogP contribution in [0.15, 0.2) is 34.6 Å². The van der Waals surface area contributed by atoms with Crippen molar-refractivity contribution in [1.29, 1.82) is 0 Å². The fraction of sp³-hybridized carbons (Fsp3) is 0.385. The van der Waals surface area contributed by atoms with Gasteiger partial charge in [0.1, 0.15) is 6.33 Å². The van der Waals surface area contributed by atoms with E-state index in [2.05, 4.69) is 21.6 Å². The van der Waals surface area contributed by atoms with Gasteiger partial charge in [0.25, 0.3) is 0 Å². The summed E-state index contributed by atoms with van der Waals surface area (Å²) >= 11 is 7.69. The van der Waals surface area contributed by atoms with Gasteiger partial charge < -0.3 is 9.88 Å². The Morgan fingerprint density at radius 2 is 2.32 bits per heavy atom. The summed E-state index contributed by atoms with van der Waals surface area (Å²) < 4.78 is 1.91. The molecule has 1 aromatic heterocycles. The largest absolute Gasteiger partial charge is 0.311 e. The molecule has 2 aromatic rings. The SMILES string of the molecule is Cn1cnnc1Sc1cc(Cl)ccc1CNC1CC1. The number of hydrogen-bond donors (Lipinski definition) is 1. The van der Waals surface area contributed by atoms with Crippen molar-refractivity contribution >= 4 is 23.4 Å². The smallest absolute Gasteiger partial charge is 0.195 e. The molecule has 6 heteroatoms. The van der Waals surface area contributed by atoms with Gasteiger partial charge in [-0.1, -0.05) is 17.7 Å². The molecule has 1 heterocycles. The van der Waals surface area contributed by atoms with Gasteiger partial charge >= 0.3 is 0 Å². The second-order valence-corrected chi connectivity index (χ2v) is 6.18. The van der Waals surface area contributed by atoms with Gasteiger partial charge in [0.2, 0.25) is 0 Å². The summed E-state index contributed by atoms with van der Waals surface area (Å²) in [6, 6.07) is 6.70. The van der Waals surface area contributed by atoms with Crippen molar-refractivity contribution < 1.29 is 0 Å². The van der Waals surface area contributed by atoms with E-state index in [0.717, 1.165) is 21.6 Å². The van der Waals surface area contributed by atoms with Gasteiger partial charge in [-0.3, -0.25) is 0 Å². The van der Waals surface area contributed by atoms with E-state index < -0.39 is 0 Å². The van der Waals surface area contributed by atoms with Crippen molar-refractivity contribution in [2.75, 3.05) is 0 Å². The summed E-state index contributed by atoms with van der Waals surface area (Å²) in [6.07, 6.45) is 4.29. The molecule has 100 valence electrons. The van der Waals surface area contributed by atoms with Crippen molar-refractivity contribution in [2.24, 2.45) is 7.05 Å². The number of aromatic nitrogens is 3. The van der Waals surface area contributed by atoms with Crippen molar-refractivity contribution in [3.8, 4) is 0 Å². The van der Waals surface area contributed by atoms with Crippen LogP contribution in [0.4, 0.5) is 0 Å². The number of nitrogens with one attached hydrogen (secondary N) is 1. The second-order valence-electron chi connectivity index (χ2n) is 4.73. The molecule has 19 heavy (non-hydrogen) atoms. The highest BCUT2D eigenvalue weighted by Gasteiger charge is 2.20. The average molecular weight is 295 g/mol. The molecule has 0 spiro atoms. The first-order valence-electron chi connectivity index (χ1n) is 6.26. The first-order chi connectivity index (χ1) is 9.22. The average Bonchev–Trinajstić information content (AvgIpc) is 3.13. The monoisotopic (exact) mass is 294 g/mol. The molecular formula is C13H15ClN4S. The van der Waals surface area contributed by atoms with Gasteiger partial charge in [-0.25, -0.2) is 0 Å². The number of aryl methyl sites for hydroxylation is 1. The second kappa shape index (κ2) is 5.53. The Hall–Kier alpha value is -1.04. The Balaban J connectivity index is 1.80. The van der Waals surface area contributed by atoms with Crippen LogP contribution >= 0.6 is 23.4 Å². The van der Waals surface area contributed by atoms with Crippen LogP contribution in [0.25, 0.3) is 0 Å². The number of benzene rings is 1. The Bertz CT molecular complexity index is 580. The molecule has 1 fully saturated rings. The van der Waals surface area contributed by atoms with Crippen LogP contribution in [0.3, 0.4) is 0 Å².